The second kappa shape index (κ2) is 11.6. The van der Waals surface area contributed by atoms with Crippen LogP contribution in [0.1, 0.15) is 15.9 Å². The van der Waals surface area contributed by atoms with Crippen LogP contribution in [0.15, 0.2) is 73.1 Å². The van der Waals surface area contributed by atoms with Crippen LogP contribution in [0.4, 0.5) is 21.9 Å². The van der Waals surface area contributed by atoms with Crippen molar-refractivity contribution >= 4 is 39.2 Å². The minimum absolute atomic E-state index is 0.262. The smallest absolute Gasteiger partial charge is 0.414 e. The summed E-state index contributed by atoms with van der Waals surface area (Å²) in [6, 6.07) is 17.5. The Morgan fingerprint density at radius 3 is 2.27 bits per heavy atom. The van der Waals surface area contributed by atoms with Gasteiger partial charge >= 0.3 is 6.09 Å². The molecular formula is C22H24N4O6S. The van der Waals surface area contributed by atoms with Gasteiger partial charge in [-0.05, 0) is 42.0 Å². The largest absolute Gasteiger partial charge is 0.452 e. The summed E-state index contributed by atoms with van der Waals surface area (Å²) >= 11 is 0. The van der Waals surface area contributed by atoms with E-state index in [0.717, 1.165) is 5.56 Å². The minimum atomic E-state index is -3.67. The van der Waals surface area contributed by atoms with E-state index in [1.165, 1.54) is 12.0 Å². The molecule has 0 bridgehead atoms. The summed E-state index contributed by atoms with van der Waals surface area (Å²) in [7, 11) is -2.34. The van der Waals surface area contributed by atoms with Crippen LogP contribution in [0.25, 0.3) is 0 Å². The molecule has 174 valence electrons. The van der Waals surface area contributed by atoms with Gasteiger partial charge in [0.25, 0.3) is 16.0 Å². The first-order chi connectivity index (χ1) is 15.6. The van der Waals surface area contributed by atoms with Gasteiger partial charge in [0.05, 0.1) is 43.2 Å². The molecule has 0 fully saturated rings. The van der Waals surface area contributed by atoms with Crippen LogP contribution in [-0.4, -0.2) is 43.3 Å². The number of nitrogens with zero attached hydrogens (tertiary/aromatic N) is 2. The van der Waals surface area contributed by atoms with Crippen LogP contribution < -0.4 is 16.0 Å². The zero-order valence-corrected chi connectivity index (χ0v) is 18.8. The van der Waals surface area contributed by atoms with E-state index in [0.29, 0.717) is 28.9 Å². The third-order valence-corrected chi connectivity index (χ3v) is 4.12. The Kier molecular flexibility index (Phi) is 8.89. The highest BCUT2D eigenvalue weighted by Gasteiger charge is 2.17. The number of amides is 2. The maximum atomic E-state index is 12.4. The first kappa shape index (κ1) is 25.3. The number of carbonyl (C=O) groups excluding carboxylic acids is 2. The van der Waals surface area contributed by atoms with E-state index in [9.17, 15) is 18.0 Å². The number of rotatable bonds is 5. The molecule has 10 nitrogen and oxygen atoms in total. The van der Waals surface area contributed by atoms with Crippen molar-refractivity contribution in [2.45, 2.75) is 6.54 Å². The Morgan fingerprint density at radius 2 is 1.73 bits per heavy atom. The van der Waals surface area contributed by atoms with Crippen molar-refractivity contribution in [2.24, 2.45) is 0 Å². The van der Waals surface area contributed by atoms with Crippen molar-refractivity contribution < 1.29 is 27.3 Å². The third kappa shape index (κ3) is 8.59. The lowest BCUT2D eigenvalue weighted by molar-refractivity contribution is 0.102. The lowest BCUT2D eigenvalue weighted by Gasteiger charge is -2.21. The number of pyridine rings is 1. The number of carbonyl (C=O) groups is 2. The van der Waals surface area contributed by atoms with Gasteiger partial charge in [0.15, 0.2) is 0 Å². The monoisotopic (exact) mass is 472 g/mol. The Bertz CT molecular complexity index is 1180. The molecule has 2 aromatic carbocycles. The molecule has 3 rings (SSSR count). The van der Waals surface area contributed by atoms with Gasteiger partial charge in [-0.3, -0.25) is 19.2 Å². The van der Waals surface area contributed by atoms with Gasteiger partial charge in [-0.15, -0.1) is 0 Å². The normalized spacial score (nSPS) is 10.4. The van der Waals surface area contributed by atoms with Crippen LogP contribution >= 0.6 is 0 Å². The molecule has 0 radical (unpaired) electrons. The van der Waals surface area contributed by atoms with Crippen molar-refractivity contribution in [3.05, 3.63) is 84.2 Å². The molecule has 1 aromatic heterocycles. The van der Waals surface area contributed by atoms with Crippen LogP contribution in [0.5, 0.6) is 0 Å². The summed E-state index contributed by atoms with van der Waals surface area (Å²) in [5.74, 6) is -0.262. The average molecular weight is 473 g/mol. The lowest BCUT2D eigenvalue weighted by Crippen LogP contribution is -2.30. The summed E-state index contributed by atoms with van der Waals surface area (Å²) in [6.45, 7) is 0.284. The molecule has 0 saturated heterocycles. The summed E-state index contributed by atoms with van der Waals surface area (Å²) in [6.07, 6.45) is 3.44. The van der Waals surface area contributed by atoms with Gasteiger partial charge in [0.2, 0.25) is 0 Å². The zero-order chi connectivity index (χ0) is 24.4. The Hall–Kier alpha value is -3.96. The van der Waals surface area contributed by atoms with Gasteiger partial charge in [0, 0.05) is 11.8 Å². The molecule has 0 aliphatic heterocycles. The van der Waals surface area contributed by atoms with Crippen molar-refractivity contribution in [1.29, 1.82) is 0 Å². The van der Waals surface area contributed by atoms with E-state index in [2.05, 4.69) is 10.3 Å². The number of aromatic nitrogens is 1. The molecule has 11 heteroatoms. The molecular weight excluding hydrogens is 448 g/mol. The van der Waals surface area contributed by atoms with E-state index in [1.807, 2.05) is 0 Å². The molecule has 1 heterocycles. The highest BCUT2D eigenvalue weighted by Crippen LogP contribution is 2.20. The molecule has 2 amide bonds. The van der Waals surface area contributed by atoms with Crippen molar-refractivity contribution in [3.63, 3.8) is 0 Å². The number of nitrogen functional groups attached to an aromatic ring is 1. The van der Waals surface area contributed by atoms with E-state index in [4.69, 9.17) is 15.0 Å². The number of hydrogen-bond donors (Lipinski definition) is 3. The number of anilines is 3. The summed E-state index contributed by atoms with van der Waals surface area (Å²) < 4.78 is 30.7. The van der Waals surface area contributed by atoms with E-state index >= 15 is 0 Å². The van der Waals surface area contributed by atoms with Crippen LogP contribution in [-0.2, 0) is 21.4 Å². The van der Waals surface area contributed by atoms with E-state index in [-0.39, 0.29) is 12.5 Å². The van der Waals surface area contributed by atoms with Gasteiger partial charge in [-0.2, -0.15) is 8.42 Å². The Balaban J connectivity index is 0.000000696. The highest BCUT2D eigenvalue weighted by molar-refractivity contribution is 7.85. The molecule has 4 N–H and O–H groups in total. The minimum Gasteiger partial charge on any atom is -0.452 e. The molecule has 0 aliphatic rings. The third-order valence-electron chi connectivity index (χ3n) is 4.12. The van der Waals surface area contributed by atoms with Crippen molar-refractivity contribution in [3.8, 4) is 0 Å². The van der Waals surface area contributed by atoms with Crippen molar-refractivity contribution in [2.75, 3.05) is 29.3 Å². The number of methoxy groups -OCH3 is 1. The Labute approximate surface area is 191 Å². The maximum Gasteiger partial charge on any atom is 0.414 e. The number of benzene rings is 2. The predicted octanol–water partition coefficient (Wildman–Crippen LogP) is 3.19. The van der Waals surface area contributed by atoms with Gasteiger partial charge in [-0.1, -0.05) is 24.3 Å². The average Bonchev–Trinajstić information content (AvgIpc) is 2.78. The summed E-state index contributed by atoms with van der Waals surface area (Å²) in [5.41, 5.74) is 8.85. The molecule has 0 atom stereocenters. The summed E-state index contributed by atoms with van der Waals surface area (Å²) in [5, 5.41) is 2.78. The van der Waals surface area contributed by atoms with Crippen molar-refractivity contribution in [1.82, 2.24) is 4.98 Å². The lowest BCUT2D eigenvalue weighted by atomic mass is 10.1. The molecule has 0 unspecified atom stereocenters. The van der Waals surface area contributed by atoms with Crippen LogP contribution in [0.2, 0.25) is 0 Å². The Morgan fingerprint density at radius 1 is 1.09 bits per heavy atom. The number of hydrogen-bond acceptors (Lipinski definition) is 7. The first-order valence-electron chi connectivity index (χ1n) is 9.51. The second-order valence-corrected chi connectivity index (χ2v) is 8.20. The van der Waals surface area contributed by atoms with Crippen LogP contribution in [0, 0.1) is 0 Å². The van der Waals surface area contributed by atoms with Gasteiger partial charge in [0.1, 0.15) is 0 Å². The quantitative estimate of drug-likeness (QED) is 0.378. The topological polar surface area (TPSA) is 152 Å². The van der Waals surface area contributed by atoms with E-state index in [1.54, 1.807) is 73.1 Å². The zero-order valence-electron chi connectivity index (χ0n) is 18.0. The number of nitrogens with two attached hydrogens (primary N) is 1. The van der Waals surface area contributed by atoms with Gasteiger partial charge < -0.3 is 15.8 Å². The maximum absolute atomic E-state index is 12.4. The number of para-hydroxylation sites is 2. The van der Waals surface area contributed by atoms with Gasteiger partial charge in [-0.25, -0.2) is 4.79 Å². The standard InChI is InChI=1S/C21H20N4O3.CH4O3S/c1-28-21(27)25(17-5-4-12-23-13-17)14-15-8-10-16(11-9-15)20(26)24-19-7-3-2-6-18(19)22;1-5(2,3)4/h2-13H,14,22H2,1H3,(H,24,26);1H3,(H,2,3,4). The predicted molar refractivity (Wildman–Crippen MR) is 126 cm³/mol. The van der Waals surface area contributed by atoms with E-state index < -0.39 is 16.2 Å². The SMILES string of the molecule is COC(=O)N(Cc1ccc(C(=O)Nc2ccccc2N)cc1)c1cccnc1.CS(=O)(=O)O. The fourth-order valence-corrected chi connectivity index (χ4v) is 2.63. The molecule has 33 heavy (non-hydrogen) atoms. The molecule has 0 aliphatic carbocycles. The number of nitrogens with one attached hydrogen (secondary N) is 1. The highest BCUT2D eigenvalue weighted by atomic mass is 32.2. The molecule has 0 saturated carbocycles. The second-order valence-electron chi connectivity index (χ2n) is 6.74. The van der Waals surface area contributed by atoms with Crippen LogP contribution in [0.3, 0.4) is 0 Å². The molecule has 3 aromatic rings. The fraction of sp³-hybridized carbons (Fsp3) is 0.136. The summed E-state index contributed by atoms with van der Waals surface area (Å²) in [4.78, 5) is 30.0. The molecule has 0 spiro atoms. The number of ether oxygens (including phenoxy) is 1. The fourth-order valence-electron chi connectivity index (χ4n) is 2.63. The first-order valence-corrected chi connectivity index (χ1v) is 11.4.